The number of hydrogen-bond donors (Lipinski definition) is 1. The van der Waals surface area contributed by atoms with E-state index in [1.807, 2.05) is 0 Å². The van der Waals surface area contributed by atoms with Crippen molar-refractivity contribution in [3.8, 4) is 11.8 Å². The second-order valence-electron chi connectivity index (χ2n) is 3.38. The average Bonchev–Trinajstić information content (AvgIpc) is 2.22. The number of halogens is 4. The molecule has 0 aliphatic rings. The third-order valence-electron chi connectivity index (χ3n) is 1.96. The van der Waals surface area contributed by atoms with Gasteiger partial charge in [0.1, 0.15) is 0 Å². The number of rotatable bonds is 2. The normalized spacial score (nSPS) is 10.9. The van der Waals surface area contributed by atoms with Crippen LogP contribution in [0.4, 0.5) is 13.2 Å². The van der Waals surface area contributed by atoms with Crippen LogP contribution in [-0.4, -0.2) is 13.6 Å². The van der Waals surface area contributed by atoms with Gasteiger partial charge in [0.15, 0.2) is 0 Å². The van der Waals surface area contributed by atoms with E-state index >= 15 is 0 Å². The van der Waals surface area contributed by atoms with Crippen LogP contribution in [0.3, 0.4) is 0 Å². The molecule has 0 fully saturated rings. The topological polar surface area (TPSA) is 12.0 Å². The van der Waals surface area contributed by atoms with Crippen LogP contribution in [-0.2, 0) is 6.18 Å². The molecule has 0 spiro atoms. The Labute approximate surface area is 103 Å². The smallest absolute Gasteiger partial charge is 0.319 e. The molecule has 0 unspecified atom stereocenters. The third-order valence-corrected chi connectivity index (χ3v) is 2.18. The molecule has 0 bridgehead atoms. The third kappa shape index (κ3) is 4.68. The summed E-state index contributed by atoms with van der Waals surface area (Å²) in [5.41, 5.74) is -0.496. The van der Waals surface area contributed by atoms with Crippen molar-refractivity contribution < 1.29 is 13.2 Å². The van der Waals surface area contributed by atoms with E-state index in [-0.39, 0.29) is 10.6 Å². The molecule has 1 rings (SSSR count). The molecule has 5 heteroatoms. The summed E-state index contributed by atoms with van der Waals surface area (Å²) in [6.45, 7) is 0.694. The van der Waals surface area contributed by atoms with Crippen LogP contribution < -0.4 is 5.32 Å². The summed E-state index contributed by atoms with van der Waals surface area (Å²) < 4.78 is 37.4. The van der Waals surface area contributed by atoms with Crippen molar-refractivity contribution >= 4 is 11.6 Å². The lowest BCUT2D eigenvalue weighted by atomic mass is 10.1. The van der Waals surface area contributed by atoms with Crippen molar-refractivity contribution in [2.75, 3.05) is 13.6 Å². The lowest BCUT2D eigenvalue weighted by Crippen LogP contribution is -2.06. The van der Waals surface area contributed by atoms with E-state index in [4.69, 9.17) is 11.6 Å². The summed E-state index contributed by atoms with van der Waals surface area (Å²) in [4.78, 5) is 0. The quantitative estimate of drug-likeness (QED) is 0.636. The summed E-state index contributed by atoms with van der Waals surface area (Å²) >= 11 is 5.62. The molecule has 1 aromatic carbocycles. The monoisotopic (exact) mass is 261 g/mol. The van der Waals surface area contributed by atoms with E-state index in [2.05, 4.69) is 17.2 Å². The highest BCUT2D eigenvalue weighted by Gasteiger charge is 2.30. The molecule has 0 saturated heterocycles. The van der Waals surface area contributed by atoms with Crippen molar-refractivity contribution in [3.05, 3.63) is 34.3 Å². The minimum atomic E-state index is -4.40. The van der Waals surface area contributed by atoms with E-state index in [0.717, 1.165) is 12.1 Å². The first-order valence-electron chi connectivity index (χ1n) is 4.95. The van der Waals surface area contributed by atoms with E-state index in [1.54, 1.807) is 7.05 Å². The van der Waals surface area contributed by atoms with Gasteiger partial charge in [0.25, 0.3) is 0 Å². The van der Waals surface area contributed by atoms with Crippen LogP contribution >= 0.6 is 11.6 Å². The van der Waals surface area contributed by atoms with Gasteiger partial charge in [0.05, 0.1) is 5.56 Å². The molecular formula is C12H11ClF3N. The second-order valence-corrected chi connectivity index (χ2v) is 3.82. The summed E-state index contributed by atoms with van der Waals surface area (Å²) in [6.07, 6.45) is -3.82. The number of alkyl halides is 3. The molecule has 0 radical (unpaired) electrons. The molecule has 0 aromatic heterocycles. The van der Waals surface area contributed by atoms with Gasteiger partial charge >= 0.3 is 6.18 Å². The molecule has 0 heterocycles. The van der Waals surface area contributed by atoms with Gasteiger partial charge in [-0.2, -0.15) is 13.2 Å². The first-order chi connectivity index (χ1) is 7.93. The van der Waals surface area contributed by atoms with Gasteiger partial charge in [0.2, 0.25) is 0 Å². The summed E-state index contributed by atoms with van der Waals surface area (Å²) in [5.74, 6) is 5.43. The number of nitrogens with one attached hydrogen (secondary N) is 1. The highest BCUT2D eigenvalue weighted by Crippen LogP contribution is 2.31. The molecule has 1 nitrogen and oxygen atoms in total. The molecule has 1 aromatic rings. The van der Waals surface area contributed by atoms with Crippen LogP contribution in [0.15, 0.2) is 18.2 Å². The standard InChI is InChI=1S/C12H11ClF3N/c1-17-5-3-2-4-9-6-10(12(14,15)16)8-11(13)7-9/h6-8,17H,3,5H2,1H3. The van der Waals surface area contributed by atoms with Gasteiger partial charge in [-0.15, -0.1) is 0 Å². The van der Waals surface area contributed by atoms with Gasteiger partial charge < -0.3 is 5.32 Å². The number of hydrogen-bond acceptors (Lipinski definition) is 1. The molecule has 0 saturated carbocycles. The van der Waals surface area contributed by atoms with E-state index < -0.39 is 11.7 Å². The maximum Gasteiger partial charge on any atom is 0.416 e. The Hall–Kier alpha value is -1.18. The fourth-order valence-electron chi connectivity index (χ4n) is 1.18. The van der Waals surface area contributed by atoms with E-state index in [9.17, 15) is 13.2 Å². The predicted molar refractivity (Wildman–Crippen MR) is 61.9 cm³/mol. The number of benzene rings is 1. The predicted octanol–water partition coefficient (Wildman–Crippen LogP) is 3.32. The molecule has 0 aliphatic carbocycles. The lowest BCUT2D eigenvalue weighted by Gasteiger charge is -2.07. The van der Waals surface area contributed by atoms with E-state index in [1.165, 1.54) is 6.07 Å². The second kappa shape index (κ2) is 5.95. The van der Waals surface area contributed by atoms with Crippen LogP contribution in [0.1, 0.15) is 17.5 Å². The summed E-state index contributed by atoms with van der Waals surface area (Å²) in [6, 6.07) is 3.31. The van der Waals surface area contributed by atoms with Gasteiger partial charge in [-0.25, -0.2) is 0 Å². The molecule has 0 amide bonds. The zero-order chi connectivity index (χ0) is 12.9. The Bertz CT molecular complexity index is 443. The molecule has 17 heavy (non-hydrogen) atoms. The highest BCUT2D eigenvalue weighted by molar-refractivity contribution is 6.30. The largest absolute Gasteiger partial charge is 0.416 e. The Morgan fingerprint density at radius 3 is 2.59 bits per heavy atom. The Morgan fingerprint density at radius 1 is 1.29 bits per heavy atom. The van der Waals surface area contributed by atoms with Crippen LogP contribution in [0.2, 0.25) is 5.02 Å². The highest BCUT2D eigenvalue weighted by atomic mass is 35.5. The maximum absolute atomic E-state index is 12.5. The zero-order valence-corrected chi connectivity index (χ0v) is 9.91. The average molecular weight is 262 g/mol. The van der Waals surface area contributed by atoms with Gasteiger partial charge in [-0.1, -0.05) is 23.4 Å². The Balaban J connectivity index is 2.93. The summed E-state index contributed by atoms with van der Waals surface area (Å²) in [5, 5.41) is 2.93. The molecular weight excluding hydrogens is 251 g/mol. The maximum atomic E-state index is 12.5. The van der Waals surface area contributed by atoms with Crippen molar-refractivity contribution in [1.29, 1.82) is 0 Å². The van der Waals surface area contributed by atoms with Crippen molar-refractivity contribution in [2.45, 2.75) is 12.6 Å². The van der Waals surface area contributed by atoms with Gasteiger partial charge in [-0.05, 0) is 25.2 Å². The molecule has 92 valence electrons. The Morgan fingerprint density at radius 2 is 2.00 bits per heavy atom. The van der Waals surface area contributed by atoms with Gasteiger partial charge in [-0.3, -0.25) is 0 Å². The lowest BCUT2D eigenvalue weighted by molar-refractivity contribution is -0.137. The minimum Gasteiger partial charge on any atom is -0.319 e. The molecule has 1 N–H and O–H groups in total. The fraction of sp³-hybridized carbons (Fsp3) is 0.333. The zero-order valence-electron chi connectivity index (χ0n) is 9.16. The summed E-state index contributed by atoms with van der Waals surface area (Å²) in [7, 11) is 1.78. The van der Waals surface area contributed by atoms with Crippen molar-refractivity contribution in [1.82, 2.24) is 5.32 Å². The van der Waals surface area contributed by atoms with Crippen molar-refractivity contribution in [2.24, 2.45) is 0 Å². The SMILES string of the molecule is CNCCC#Cc1cc(Cl)cc(C(F)(F)F)c1. The fourth-order valence-corrected chi connectivity index (χ4v) is 1.41. The van der Waals surface area contributed by atoms with E-state index in [0.29, 0.717) is 13.0 Å². The first kappa shape index (κ1) is 13.9. The molecule has 0 aliphatic heterocycles. The minimum absolute atomic E-state index is 0.0396. The van der Waals surface area contributed by atoms with Crippen LogP contribution in [0.25, 0.3) is 0 Å². The molecule has 0 atom stereocenters. The first-order valence-corrected chi connectivity index (χ1v) is 5.32. The van der Waals surface area contributed by atoms with Crippen LogP contribution in [0, 0.1) is 11.8 Å². The van der Waals surface area contributed by atoms with Gasteiger partial charge in [0, 0.05) is 23.6 Å². The van der Waals surface area contributed by atoms with Crippen molar-refractivity contribution in [3.63, 3.8) is 0 Å². The Kier molecular flexibility index (Phi) is 4.86. The van der Waals surface area contributed by atoms with Crippen LogP contribution in [0.5, 0.6) is 0 Å².